The molecule has 130 valence electrons. The lowest BCUT2D eigenvalue weighted by Gasteiger charge is -2.07. The zero-order valence-electron chi connectivity index (χ0n) is 14.3. The number of hydrogen-bond acceptors (Lipinski definition) is 4. The van der Waals surface area contributed by atoms with E-state index in [1.165, 1.54) is 6.08 Å². The molecule has 0 unspecified atom stereocenters. The second kappa shape index (κ2) is 8.68. The third kappa shape index (κ3) is 6.14. The van der Waals surface area contributed by atoms with Gasteiger partial charge in [0, 0.05) is 6.08 Å². The number of rotatable bonds is 7. The normalized spacial score (nSPS) is 10.8. The van der Waals surface area contributed by atoms with Crippen LogP contribution in [0.25, 0.3) is 6.08 Å². The van der Waals surface area contributed by atoms with Crippen molar-refractivity contribution in [3.8, 4) is 11.5 Å². The second-order valence-electron chi connectivity index (χ2n) is 5.81. The molecule has 0 saturated heterocycles. The number of primary amides is 1. The molecule has 2 N–H and O–H groups in total. The molecule has 0 bridgehead atoms. The van der Waals surface area contributed by atoms with Crippen LogP contribution in [0.2, 0.25) is 0 Å². The highest BCUT2D eigenvalue weighted by Crippen LogP contribution is 2.20. The molecule has 5 heteroatoms. The topological polar surface area (TPSA) is 78.6 Å². The van der Waals surface area contributed by atoms with Crippen molar-refractivity contribution in [2.24, 2.45) is 5.73 Å². The first-order valence-corrected chi connectivity index (χ1v) is 7.95. The molecule has 0 heterocycles. The van der Waals surface area contributed by atoms with Crippen molar-refractivity contribution in [1.82, 2.24) is 0 Å². The van der Waals surface area contributed by atoms with E-state index >= 15 is 0 Å². The van der Waals surface area contributed by atoms with Gasteiger partial charge in [0.15, 0.2) is 6.61 Å². The molecule has 0 fully saturated rings. The van der Waals surface area contributed by atoms with Crippen molar-refractivity contribution >= 4 is 18.0 Å². The van der Waals surface area contributed by atoms with Gasteiger partial charge in [-0.3, -0.25) is 4.79 Å². The molecule has 0 aromatic heterocycles. The zero-order chi connectivity index (χ0) is 18.2. The Bertz CT molecular complexity index is 764. The van der Waals surface area contributed by atoms with Crippen molar-refractivity contribution in [1.29, 1.82) is 0 Å². The Balaban J connectivity index is 1.93. The Kier molecular flexibility index (Phi) is 6.34. The van der Waals surface area contributed by atoms with Crippen molar-refractivity contribution in [2.75, 3.05) is 6.61 Å². The number of amides is 1. The molecule has 2 aromatic carbocycles. The quantitative estimate of drug-likeness (QED) is 0.477. The summed E-state index contributed by atoms with van der Waals surface area (Å²) in [7, 11) is 0. The molecule has 0 radical (unpaired) electrons. The lowest BCUT2D eigenvalue weighted by molar-refractivity contribution is -0.129. The molecule has 2 rings (SSSR count). The first-order chi connectivity index (χ1) is 11.9. The number of ether oxygens (including phenoxy) is 2. The van der Waals surface area contributed by atoms with Crippen LogP contribution in [0.1, 0.15) is 30.9 Å². The van der Waals surface area contributed by atoms with Crippen molar-refractivity contribution in [3.05, 3.63) is 65.7 Å². The minimum Gasteiger partial charge on any atom is -0.484 e. The zero-order valence-corrected chi connectivity index (χ0v) is 14.3. The summed E-state index contributed by atoms with van der Waals surface area (Å²) in [6.07, 6.45) is 3.01. The first kappa shape index (κ1) is 18.3. The Morgan fingerprint density at radius 2 is 1.80 bits per heavy atom. The van der Waals surface area contributed by atoms with E-state index in [2.05, 4.69) is 13.8 Å². The van der Waals surface area contributed by atoms with Crippen LogP contribution in [-0.2, 0) is 9.59 Å². The van der Waals surface area contributed by atoms with Gasteiger partial charge in [0.05, 0.1) is 0 Å². The lowest BCUT2D eigenvalue weighted by Crippen LogP contribution is -2.19. The summed E-state index contributed by atoms with van der Waals surface area (Å²) in [5, 5.41) is 0. The largest absolute Gasteiger partial charge is 0.484 e. The first-order valence-electron chi connectivity index (χ1n) is 7.95. The number of benzene rings is 2. The summed E-state index contributed by atoms with van der Waals surface area (Å²) in [6, 6.07) is 14.4. The highest BCUT2D eigenvalue weighted by atomic mass is 16.5. The van der Waals surface area contributed by atoms with Gasteiger partial charge in [-0.2, -0.15) is 0 Å². The third-order valence-electron chi connectivity index (χ3n) is 3.42. The number of carbonyl (C=O) groups is 2. The van der Waals surface area contributed by atoms with E-state index in [9.17, 15) is 9.59 Å². The maximum atomic E-state index is 11.9. The van der Waals surface area contributed by atoms with Gasteiger partial charge < -0.3 is 15.2 Å². The maximum Gasteiger partial charge on any atom is 0.336 e. The van der Waals surface area contributed by atoms with Crippen molar-refractivity contribution < 1.29 is 19.1 Å². The highest BCUT2D eigenvalue weighted by molar-refractivity contribution is 5.88. The van der Waals surface area contributed by atoms with Gasteiger partial charge in [0.1, 0.15) is 11.5 Å². The van der Waals surface area contributed by atoms with Crippen LogP contribution < -0.4 is 15.2 Å². The number of nitrogens with two attached hydrogens (primary N) is 1. The van der Waals surface area contributed by atoms with Gasteiger partial charge in [-0.1, -0.05) is 38.1 Å². The van der Waals surface area contributed by atoms with Gasteiger partial charge in [-0.05, 0) is 47.4 Å². The van der Waals surface area contributed by atoms with Crippen LogP contribution in [-0.4, -0.2) is 18.5 Å². The fourth-order valence-corrected chi connectivity index (χ4v) is 2.08. The Hall–Kier alpha value is -3.08. The molecule has 25 heavy (non-hydrogen) atoms. The van der Waals surface area contributed by atoms with Crippen LogP contribution in [0.15, 0.2) is 54.6 Å². The smallest absolute Gasteiger partial charge is 0.336 e. The average Bonchev–Trinajstić information content (AvgIpc) is 2.59. The van der Waals surface area contributed by atoms with Crippen LogP contribution >= 0.6 is 0 Å². The molecule has 0 spiro atoms. The summed E-state index contributed by atoms with van der Waals surface area (Å²) >= 11 is 0. The fourth-order valence-electron chi connectivity index (χ4n) is 2.08. The molecule has 5 nitrogen and oxygen atoms in total. The average molecular weight is 339 g/mol. The van der Waals surface area contributed by atoms with Gasteiger partial charge in [0.25, 0.3) is 5.91 Å². The summed E-state index contributed by atoms with van der Waals surface area (Å²) in [6.45, 7) is 3.99. The molecule has 0 aliphatic carbocycles. The van der Waals surface area contributed by atoms with Crippen LogP contribution in [0.3, 0.4) is 0 Å². The molecule has 2 aromatic rings. The Labute approximate surface area is 147 Å². The number of hydrogen-bond donors (Lipinski definition) is 1. The highest BCUT2D eigenvalue weighted by Gasteiger charge is 2.04. The van der Waals surface area contributed by atoms with E-state index in [0.29, 0.717) is 17.4 Å². The predicted octanol–water partition coefficient (Wildman–Crippen LogP) is 3.29. The number of carbonyl (C=O) groups excluding carboxylic acids is 2. The SMILES string of the molecule is CC(C)c1cccc(OC(=O)/C=C/c2ccc(OCC(N)=O)cc2)c1. The standard InChI is InChI=1S/C20H21NO4/c1-14(2)16-4-3-5-18(12-16)25-20(23)11-8-15-6-9-17(10-7-15)24-13-19(21)22/h3-12,14H,13H2,1-2H3,(H2,21,22)/b11-8+. The van der Waals surface area contributed by atoms with Crippen LogP contribution in [0.5, 0.6) is 11.5 Å². The summed E-state index contributed by atoms with van der Waals surface area (Å²) in [5.74, 6) is 0.438. The second-order valence-corrected chi connectivity index (χ2v) is 5.81. The van der Waals surface area contributed by atoms with E-state index in [4.69, 9.17) is 15.2 Å². The van der Waals surface area contributed by atoms with E-state index in [-0.39, 0.29) is 6.61 Å². The molecular weight excluding hydrogens is 318 g/mol. The van der Waals surface area contributed by atoms with Crippen LogP contribution in [0, 0.1) is 0 Å². The summed E-state index contributed by atoms with van der Waals surface area (Å²) in [4.78, 5) is 22.6. The Morgan fingerprint density at radius 1 is 1.08 bits per heavy atom. The molecule has 0 atom stereocenters. The van der Waals surface area contributed by atoms with E-state index in [1.807, 2.05) is 18.2 Å². The molecule has 0 aliphatic heterocycles. The van der Waals surface area contributed by atoms with Gasteiger partial charge in [-0.25, -0.2) is 4.79 Å². The van der Waals surface area contributed by atoms with Crippen molar-refractivity contribution in [2.45, 2.75) is 19.8 Å². The predicted molar refractivity (Wildman–Crippen MR) is 96.3 cm³/mol. The van der Waals surface area contributed by atoms with Gasteiger partial charge >= 0.3 is 5.97 Å². The Morgan fingerprint density at radius 3 is 2.44 bits per heavy atom. The molecule has 1 amide bonds. The lowest BCUT2D eigenvalue weighted by atomic mass is 10.0. The maximum absolute atomic E-state index is 11.9. The number of esters is 1. The van der Waals surface area contributed by atoms with E-state index in [0.717, 1.165) is 11.1 Å². The van der Waals surface area contributed by atoms with Crippen LogP contribution in [0.4, 0.5) is 0 Å². The molecular formula is C20H21NO4. The minimum atomic E-state index is -0.534. The third-order valence-corrected chi connectivity index (χ3v) is 3.42. The molecule has 0 aliphatic rings. The van der Waals surface area contributed by atoms with Gasteiger partial charge in [-0.15, -0.1) is 0 Å². The van der Waals surface area contributed by atoms with E-state index in [1.54, 1.807) is 36.4 Å². The summed E-state index contributed by atoms with van der Waals surface area (Å²) < 4.78 is 10.5. The van der Waals surface area contributed by atoms with E-state index < -0.39 is 11.9 Å². The monoisotopic (exact) mass is 339 g/mol. The molecule has 0 saturated carbocycles. The minimum absolute atomic E-state index is 0.170. The van der Waals surface area contributed by atoms with Gasteiger partial charge in [0.2, 0.25) is 0 Å². The fraction of sp³-hybridized carbons (Fsp3) is 0.200. The summed E-state index contributed by atoms with van der Waals surface area (Å²) in [5.41, 5.74) is 6.93. The van der Waals surface area contributed by atoms with Crippen molar-refractivity contribution in [3.63, 3.8) is 0 Å².